The van der Waals surface area contributed by atoms with Gasteiger partial charge in [-0.15, -0.1) is 11.3 Å². The first-order valence-electron chi connectivity index (χ1n) is 7.92. The molecule has 0 unspecified atom stereocenters. The average Bonchev–Trinajstić information content (AvgIpc) is 3.10. The van der Waals surface area contributed by atoms with Gasteiger partial charge in [-0.1, -0.05) is 42.1 Å². The molecule has 4 nitrogen and oxygen atoms in total. The summed E-state index contributed by atoms with van der Waals surface area (Å²) >= 11 is 3.34. The lowest BCUT2D eigenvalue weighted by Crippen LogP contribution is -2.30. The summed E-state index contributed by atoms with van der Waals surface area (Å²) < 4.78 is 0. The van der Waals surface area contributed by atoms with Crippen LogP contribution < -0.4 is 0 Å². The van der Waals surface area contributed by atoms with Gasteiger partial charge in [0.2, 0.25) is 0 Å². The Morgan fingerprint density at radius 3 is 2.92 bits per heavy atom. The van der Waals surface area contributed by atoms with Crippen molar-refractivity contribution in [3.8, 4) is 11.3 Å². The molecule has 122 valence electrons. The standard InChI is InChI=1S/C18H18N4S2/c1-23-18-19-9-14-10-22(8-7-15(14)21-18)11-16-17(20-12-24-16)13-5-3-2-4-6-13/h2-6,9,12H,7-8,10-11H2,1H3. The SMILES string of the molecule is CSc1ncc2c(n1)CCN(Cc1scnc1-c1ccccc1)C2. The summed E-state index contributed by atoms with van der Waals surface area (Å²) in [5.41, 5.74) is 6.71. The lowest BCUT2D eigenvalue weighted by atomic mass is 10.1. The minimum atomic E-state index is 0.871. The summed E-state index contributed by atoms with van der Waals surface area (Å²) in [6.45, 7) is 2.87. The summed E-state index contributed by atoms with van der Waals surface area (Å²) in [5.74, 6) is 0. The van der Waals surface area contributed by atoms with Gasteiger partial charge in [-0.3, -0.25) is 4.90 Å². The highest BCUT2D eigenvalue weighted by atomic mass is 32.2. The molecule has 3 heterocycles. The molecule has 3 aromatic rings. The molecular weight excluding hydrogens is 336 g/mol. The van der Waals surface area contributed by atoms with Crippen LogP contribution in [0.4, 0.5) is 0 Å². The van der Waals surface area contributed by atoms with Crippen LogP contribution in [0.25, 0.3) is 11.3 Å². The maximum Gasteiger partial charge on any atom is 0.187 e. The topological polar surface area (TPSA) is 41.9 Å². The fourth-order valence-corrected chi connectivity index (χ4v) is 4.19. The zero-order valence-electron chi connectivity index (χ0n) is 13.5. The third kappa shape index (κ3) is 3.22. The quantitative estimate of drug-likeness (QED) is 0.525. The number of benzene rings is 1. The molecule has 0 N–H and O–H groups in total. The van der Waals surface area contributed by atoms with Crippen molar-refractivity contribution in [2.24, 2.45) is 0 Å². The highest BCUT2D eigenvalue weighted by Gasteiger charge is 2.20. The molecule has 0 fully saturated rings. The number of hydrogen-bond donors (Lipinski definition) is 0. The van der Waals surface area contributed by atoms with E-state index in [1.807, 2.05) is 24.0 Å². The lowest BCUT2D eigenvalue weighted by Gasteiger charge is -2.27. The number of aromatic nitrogens is 3. The van der Waals surface area contributed by atoms with E-state index in [1.165, 1.54) is 21.7 Å². The molecule has 0 saturated carbocycles. The van der Waals surface area contributed by atoms with E-state index in [2.05, 4.69) is 44.1 Å². The second-order valence-electron chi connectivity index (χ2n) is 5.78. The Hall–Kier alpha value is -1.76. The van der Waals surface area contributed by atoms with Crippen LogP contribution in [-0.4, -0.2) is 32.7 Å². The van der Waals surface area contributed by atoms with Crippen LogP contribution in [0.3, 0.4) is 0 Å². The molecule has 0 aliphatic carbocycles. The molecule has 0 saturated heterocycles. The van der Waals surface area contributed by atoms with E-state index in [9.17, 15) is 0 Å². The molecule has 0 atom stereocenters. The first-order chi connectivity index (χ1) is 11.8. The normalized spacial score (nSPS) is 14.5. The maximum absolute atomic E-state index is 4.64. The van der Waals surface area contributed by atoms with Crippen LogP contribution >= 0.6 is 23.1 Å². The second-order valence-corrected chi connectivity index (χ2v) is 7.49. The van der Waals surface area contributed by atoms with E-state index in [4.69, 9.17) is 0 Å². The number of nitrogens with zero attached hydrogens (tertiary/aromatic N) is 4. The van der Waals surface area contributed by atoms with E-state index in [1.54, 1.807) is 23.1 Å². The van der Waals surface area contributed by atoms with Crippen LogP contribution in [0.2, 0.25) is 0 Å². The minimum absolute atomic E-state index is 0.871. The predicted octanol–water partition coefficient (Wildman–Crippen LogP) is 3.88. The van der Waals surface area contributed by atoms with Gasteiger partial charge in [-0.05, 0) is 6.26 Å². The van der Waals surface area contributed by atoms with Gasteiger partial charge in [0.15, 0.2) is 5.16 Å². The smallest absolute Gasteiger partial charge is 0.187 e. The Morgan fingerprint density at radius 1 is 1.21 bits per heavy atom. The van der Waals surface area contributed by atoms with E-state index in [-0.39, 0.29) is 0 Å². The Balaban J connectivity index is 1.52. The lowest BCUT2D eigenvalue weighted by molar-refractivity contribution is 0.244. The van der Waals surface area contributed by atoms with Crippen molar-refractivity contribution in [2.45, 2.75) is 24.7 Å². The summed E-state index contributed by atoms with van der Waals surface area (Å²) in [6, 6.07) is 10.4. The molecule has 0 spiro atoms. The van der Waals surface area contributed by atoms with E-state index in [0.717, 1.165) is 36.9 Å². The van der Waals surface area contributed by atoms with Gasteiger partial charge in [-0.25, -0.2) is 15.0 Å². The second kappa shape index (κ2) is 7.01. The Bertz CT molecular complexity index is 832. The first-order valence-corrected chi connectivity index (χ1v) is 10.0. The Kier molecular flexibility index (Phi) is 4.60. The summed E-state index contributed by atoms with van der Waals surface area (Å²) in [4.78, 5) is 17.4. The third-order valence-electron chi connectivity index (χ3n) is 4.23. The number of hydrogen-bond acceptors (Lipinski definition) is 6. The molecule has 2 aromatic heterocycles. The van der Waals surface area contributed by atoms with Crippen molar-refractivity contribution in [1.82, 2.24) is 19.9 Å². The summed E-state index contributed by atoms with van der Waals surface area (Å²) in [6.07, 6.45) is 5.00. The van der Waals surface area contributed by atoms with Crippen molar-refractivity contribution in [2.75, 3.05) is 12.8 Å². The largest absolute Gasteiger partial charge is 0.293 e. The molecule has 0 bridgehead atoms. The molecule has 0 radical (unpaired) electrons. The van der Waals surface area contributed by atoms with Crippen molar-refractivity contribution >= 4 is 23.1 Å². The highest BCUT2D eigenvalue weighted by Crippen LogP contribution is 2.28. The molecular formula is C18H18N4S2. The molecule has 4 rings (SSSR count). The summed E-state index contributed by atoms with van der Waals surface area (Å²) in [5, 5.41) is 0.871. The highest BCUT2D eigenvalue weighted by molar-refractivity contribution is 7.98. The van der Waals surface area contributed by atoms with Gasteiger partial charge in [0.1, 0.15) is 0 Å². The zero-order valence-corrected chi connectivity index (χ0v) is 15.1. The van der Waals surface area contributed by atoms with Gasteiger partial charge >= 0.3 is 0 Å². The van der Waals surface area contributed by atoms with Gasteiger partial charge < -0.3 is 0 Å². The van der Waals surface area contributed by atoms with Crippen LogP contribution in [0.5, 0.6) is 0 Å². The molecule has 1 aromatic carbocycles. The van der Waals surface area contributed by atoms with Gasteiger partial charge in [-0.2, -0.15) is 0 Å². The van der Waals surface area contributed by atoms with Gasteiger partial charge in [0.25, 0.3) is 0 Å². The monoisotopic (exact) mass is 354 g/mol. The van der Waals surface area contributed by atoms with Crippen molar-refractivity contribution in [3.63, 3.8) is 0 Å². The zero-order chi connectivity index (χ0) is 16.4. The van der Waals surface area contributed by atoms with Crippen molar-refractivity contribution in [1.29, 1.82) is 0 Å². The molecule has 1 aliphatic rings. The number of thioether (sulfide) groups is 1. The fourth-order valence-electron chi connectivity index (χ4n) is 3.01. The molecule has 1 aliphatic heterocycles. The van der Waals surface area contributed by atoms with E-state index < -0.39 is 0 Å². The van der Waals surface area contributed by atoms with Gasteiger partial charge in [0, 0.05) is 48.3 Å². The minimum Gasteiger partial charge on any atom is -0.293 e. The number of rotatable bonds is 4. The molecule has 6 heteroatoms. The Labute approximate surface area is 150 Å². The number of fused-ring (bicyclic) bond motifs is 1. The maximum atomic E-state index is 4.64. The van der Waals surface area contributed by atoms with E-state index >= 15 is 0 Å². The van der Waals surface area contributed by atoms with Gasteiger partial charge in [0.05, 0.1) is 16.9 Å². The molecule has 24 heavy (non-hydrogen) atoms. The average molecular weight is 355 g/mol. The first kappa shape index (κ1) is 15.7. The van der Waals surface area contributed by atoms with Crippen LogP contribution in [0.1, 0.15) is 16.1 Å². The van der Waals surface area contributed by atoms with Crippen molar-refractivity contribution in [3.05, 3.63) is 58.2 Å². The van der Waals surface area contributed by atoms with Crippen LogP contribution in [-0.2, 0) is 19.5 Å². The van der Waals surface area contributed by atoms with Crippen LogP contribution in [0, 0.1) is 0 Å². The summed E-state index contributed by atoms with van der Waals surface area (Å²) in [7, 11) is 0. The van der Waals surface area contributed by atoms with Crippen molar-refractivity contribution < 1.29 is 0 Å². The predicted molar refractivity (Wildman–Crippen MR) is 99.2 cm³/mol. The van der Waals surface area contributed by atoms with E-state index in [0.29, 0.717) is 0 Å². The fraction of sp³-hybridized carbons (Fsp3) is 0.278. The third-order valence-corrected chi connectivity index (χ3v) is 5.61. The number of thiazole rings is 1. The Morgan fingerprint density at radius 2 is 2.08 bits per heavy atom. The molecule has 0 amide bonds. The van der Waals surface area contributed by atoms with Crippen LogP contribution in [0.15, 0.2) is 47.2 Å².